The van der Waals surface area contributed by atoms with Gasteiger partial charge in [-0.1, -0.05) is 12.2 Å². The second-order valence-corrected chi connectivity index (χ2v) is 5.45. The van der Waals surface area contributed by atoms with Gasteiger partial charge >= 0.3 is 5.97 Å². The third-order valence-corrected chi connectivity index (χ3v) is 3.86. The van der Waals surface area contributed by atoms with E-state index in [0.29, 0.717) is 35.4 Å². The fourth-order valence-electron chi connectivity index (χ4n) is 2.75. The van der Waals surface area contributed by atoms with Crippen LogP contribution in [0.5, 0.6) is 0 Å². The number of fused-ring (bicyclic) bond motifs is 1. The van der Waals surface area contributed by atoms with E-state index in [-0.39, 0.29) is 12.3 Å². The van der Waals surface area contributed by atoms with E-state index in [2.05, 4.69) is 13.2 Å². The number of hydrogen-bond acceptors (Lipinski definition) is 5. The van der Waals surface area contributed by atoms with Crippen LogP contribution in [0, 0.1) is 10.1 Å². The predicted molar refractivity (Wildman–Crippen MR) is 98.1 cm³/mol. The summed E-state index contributed by atoms with van der Waals surface area (Å²) < 4.78 is 6.72. The first-order chi connectivity index (χ1) is 11.9. The van der Waals surface area contributed by atoms with Crippen LogP contribution in [-0.4, -0.2) is 35.2 Å². The van der Waals surface area contributed by atoms with Gasteiger partial charge in [-0.05, 0) is 19.1 Å². The van der Waals surface area contributed by atoms with E-state index in [9.17, 15) is 14.9 Å². The number of ether oxygens (including phenoxy) is 1. The number of esters is 1. The van der Waals surface area contributed by atoms with E-state index >= 15 is 0 Å². The number of nitro groups is 1. The fraction of sp³-hybridized carbons (Fsp3) is 0.278. The lowest BCUT2D eigenvalue weighted by Gasteiger charge is -2.21. The summed E-state index contributed by atoms with van der Waals surface area (Å²) in [5, 5.41) is 12.1. The number of anilines is 1. The average molecular weight is 343 g/mol. The van der Waals surface area contributed by atoms with Crippen molar-refractivity contribution in [3.8, 4) is 0 Å². The predicted octanol–water partition coefficient (Wildman–Crippen LogP) is 3.44. The first-order valence-corrected chi connectivity index (χ1v) is 7.86. The Bertz CT molecular complexity index is 828. The number of aromatic nitrogens is 1. The highest BCUT2D eigenvalue weighted by Crippen LogP contribution is 2.34. The van der Waals surface area contributed by atoms with Gasteiger partial charge in [0.15, 0.2) is 0 Å². The summed E-state index contributed by atoms with van der Waals surface area (Å²) in [6.45, 7) is 10.3. The Morgan fingerprint density at radius 2 is 1.96 bits per heavy atom. The minimum Gasteiger partial charge on any atom is -0.461 e. The van der Waals surface area contributed by atoms with E-state index < -0.39 is 10.9 Å². The number of nitrogens with zero attached hydrogens (tertiary/aromatic N) is 3. The Balaban J connectivity index is 2.68. The summed E-state index contributed by atoms with van der Waals surface area (Å²) in [6, 6.07) is 4.80. The summed E-state index contributed by atoms with van der Waals surface area (Å²) >= 11 is 0. The van der Waals surface area contributed by atoms with E-state index in [1.54, 1.807) is 47.7 Å². The van der Waals surface area contributed by atoms with Gasteiger partial charge in [0.05, 0.1) is 17.0 Å². The van der Waals surface area contributed by atoms with Crippen LogP contribution in [0.2, 0.25) is 0 Å². The topological polar surface area (TPSA) is 77.6 Å². The molecule has 1 aromatic carbocycles. The number of nitro benzene ring substituents is 1. The highest BCUT2D eigenvalue weighted by Gasteiger charge is 2.23. The van der Waals surface area contributed by atoms with Crippen molar-refractivity contribution in [2.45, 2.75) is 6.92 Å². The van der Waals surface area contributed by atoms with Crippen molar-refractivity contribution in [3.63, 3.8) is 0 Å². The Kier molecular flexibility index (Phi) is 5.59. The summed E-state index contributed by atoms with van der Waals surface area (Å²) in [5.74, 6) is -0.459. The lowest BCUT2D eigenvalue weighted by atomic mass is 10.1. The summed E-state index contributed by atoms with van der Waals surface area (Å²) in [5.41, 5.74) is 1.48. The van der Waals surface area contributed by atoms with Gasteiger partial charge in [-0.25, -0.2) is 4.79 Å². The molecule has 0 aliphatic rings. The Labute approximate surface area is 145 Å². The Morgan fingerprint density at radius 3 is 2.48 bits per heavy atom. The van der Waals surface area contributed by atoms with Crippen molar-refractivity contribution in [2.24, 2.45) is 7.05 Å². The molecule has 7 heteroatoms. The number of hydrogen-bond donors (Lipinski definition) is 0. The van der Waals surface area contributed by atoms with Gasteiger partial charge in [0.1, 0.15) is 11.4 Å². The molecule has 1 aromatic heterocycles. The molecule has 0 saturated carbocycles. The molecule has 0 saturated heterocycles. The number of rotatable bonds is 8. The van der Waals surface area contributed by atoms with Crippen molar-refractivity contribution in [2.75, 3.05) is 24.6 Å². The smallest absolute Gasteiger partial charge is 0.354 e. The van der Waals surface area contributed by atoms with Crippen LogP contribution in [0.4, 0.5) is 11.4 Å². The number of carbonyl (C=O) groups excluding carboxylic acids is 1. The zero-order valence-electron chi connectivity index (χ0n) is 14.4. The van der Waals surface area contributed by atoms with Gasteiger partial charge < -0.3 is 14.2 Å². The minimum atomic E-state index is -0.459. The Morgan fingerprint density at radius 1 is 1.32 bits per heavy atom. The average Bonchev–Trinajstić information content (AvgIpc) is 2.90. The van der Waals surface area contributed by atoms with Gasteiger partial charge in [-0.2, -0.15) is 0 Å². The van der Waals surface area contributed by atoms with E-state index in [1.165, 1.54) is 6.07 Å². The van der Waals surface area contributed by atoms with E-state index in [0.717, 1.165) is 0 Å². The number of aryl methyl sites for hydroxylation is 1. The maximum atomic E-state index is 12.1. The number of benzene rings is 1. The molecule has 132 valence electrons. The molecule has 0 fully saturated rings. The van der Waals surface area contributed by atoms with Gasteiger partial charge in [-0.15, -0.1) is 13.2 Å². The van der Waals surface area contributed by atoms with E-state index in [4.69, 9.17) is 4.74 Å². The molecular weight excluding hydrogens is 322 g/mol. The van der Waals surface area contributed by atoms with Gasteiger partial charge in [0, 0.05) is 31.6 Å². The van der Waals surface area contributed by atoms with Gasteiger partial charge in [0.2, 0.25) is 0 Å². The zero-order valence-corrected chi connectivity index (χ0v) is 14.4. The van der Waals surface area contributed by atoms with Crippen LogP contribution in [0.3, 0.4) is 0 Å². The molecule has 25 heavy (non-hydrogen) atoms. The summed E-state index contributed by atoms with van der Waals surface area (Å²) in [6.07, 6.45) is 3.35. The monoisotopic (exact) mass is 343 g/mol. The third-order valence-electron chi connectivity index (χ3n) is 3.86. The van der Waals surface area contributed by atoms with Gasteiger partial charge in [-0.3, -0.25) is 10.1 Å². The van der Waals surface area contributed by atoms with Crippen LogP contribution in [0.15, 0.2) is 43.5 Å². The molecule has 2 aromatic rings. The van der Waals surface area contributed by atoms with E-state index in [1.807, 2.05) is 0 Å². The van der Waals surface area contributed by atoms with Crippen LogP contribution >= 0.6 is 0 Å². The molecule has 1 heterocycles. The lowest BCUT2D eigenvalue weighted by Crippen LogP contribution is -2.24. The summed E-state index contributed by atoms with van der Waals surface area (Å²) in [4.78, 5) is 25.0. The fourth-order valence-corrected chi connectivity index (χ4v) is 2.75. The molecule has 0 aliphatic carbocycles. The maximum absolute atomic E-state index is 12.1. The van der Waals surface area contributed by atoms with Crippen molar-refractivity contribution in [1.82, 2.24) is 4.57 Å². The second kappa shape index (κ2) is 7.65. The normalized spacial score (nSPS) is 10.5. The molecule has 0 aliphatic heterocycles. The van der Waals surface area contributed by atoms with Crippen molar-refractivity contribution in [3.05, 3.63) is 59.3 Å². The molecular formula is C18H21N3O4. The van der Waals surface area contributed by atoms with Crippen LogP contribution in [0.1, 0.15) is 17.4 Å². The molecule has 0 amide bonds. The lowest BCUT2D eigenvalue weighted by molar-refractivity contribution is -0.384. The van der Waals surface area contributed by atoms with Crippen LogP contribution in [-0.2, 0) is 11.8 Å². The standard InChI is InChI=1S/C18H21N3O4/c1-5-8-20(9-6-2)15-12-14-13(10-16(15)21(23)24)11-17(19(14)4)18(22)25-7-3/h5-6,10-12H,1-2,7-9H2,3-4H3. The van der Waals surface area contributed by atoms with Gasteiger partial charge in [0.25, 0.3) is 5.69 Å². The maximum Gasteiger partial charge on any atom is 0.354 e. The van der Waals surface area contributed by atoms with Crippen molar-refractivity contribution >= 4 is 28.2 Å². The first-order valence-electron chi connectivity index (χ1n) is 7.86. The molecule has 0 bridgehead atoms. The highest BCUT2D eigenvalue weighted by molar-refractivity contribution is 5.98. The molecule has 0 N–H and O–H groups in total. The largest absolute Gasteiger partial charge is 0.461 e. The van der Waals surface area contributed by atoms with Crippen LogP contribution in [0.25, 0.3) is 10.9 Å². The molecule has 7 nitrogen and oxygen atoms in total. The SMILES string of the molecule is C=CCN(CC=C)c1cc2c(cc1[N+](=O)[O-])cc(C(=O)OCC)n2C. The quantitative estimate of drug-likeness (QED) is 0.317. The zero-order chi connectivity index (χ0) is 18.6. The molecule has 0 radical (unpaired) electrons. The first kappa shape index (κ1) is 18.3. The third kappa shape index (κ3) is 3.55. The number of carbonyl (C=O) groups is 1. The molecule has 0 atom stereocenters. The second-order valence-electron chi connectivity index (χ2n) is 5.45. The molecule has 0 unspecified atom stereocenters. The summed E-state index contributed by atoms with van der Waals surface area (Å²) in [7, 11) is 1.73. The highest BCUT2D eigenvalue weighted by atomic mass is 16.6. The van der Waals surface area contributed by atoms with Crippen LogP contribution < -0.4 is 4.90 Å². The molecule has 2 rings (SSSR count). The Hall–Kier alpha value is -3.09. The minimum absolute atomic E-state index is 0.0304. The molecule has 0 spiro atoms. The van der Waals surface area contributed by atoms with Crippen molar-refractivity contribution in [1.29, 1.82) is 0 Å². The van der Waals surface area contributed by atoms with Crippen molar-refractivity contribution < 1.29 is 14.5 Å².